The van der Waals surface area contributed by atoms with Gasteiger partial charge in [0.05, 0.1) is 25.0 Å². The van der Waals surface area contributed by atoms with E-state index in [0.29, 0.717) is 54.2 Å². The molecule has 0 spiro atoms. The lowest BCUT2D eigenvalue weighted by molar-refractivity contribution is -0.123. The lowest BCUT2D eigenvalue weighted by Crippen LogP contribution is -2.48. The summed E-state index contributed by atoms with van der Waals surface area (Å²) in [7, 11) is 1.26. The van der Waals surface area contributed by atoms with Crippen LogP contribution in [0.5, 0.6) is 5.75 Å². The van der Waals surface area contributed by atoms with Crippen molar-refractivity contribution in [1.82, 2.24) is 30.3 Å². The minimum absolute atomic E-state index is 0.0158. The number of fused-ring (bicyclic) bond motifs is 1. The Balaban J connectivity index is 1.40. The molecule has 4 aromatic rings. The number of nitrogens with one attached hydrogen (secondary N) is 5. The third-order valence-corrected chi connectivity index (χ3v) is 7.27. The predicted molar refractivity (Wildman–Crippen MR) is 171 cm³/mol. The molecule has 0 saturated heterocycles. The lowest BCUT2D eigenvalue weighted by atomic mass is 10.0. The number of aromatic nitrogens is 3. The number of hydrogen-bond acceptors (Lipinski definition) is 8. The molecule has 2 aromatic carbocycles. The van der Waals surface area contributed by atoms with Gasteiger partial charge < -0.3 is 37.5 Å². The largest absolute Gasteiger partial charge is 0.494 e. The molecule has 2 amide bonds. The van der Waals surface area contributed by atoms with Gasteiger partial charge in [-0.1, -0.05) is 6.92 Å². The van der Waals surface area contributed by atoms with Gasteiger partial charge in [-0.15, -0.1) is 0 Å². The number of nitrogens with zero attached hydrogens (tertiary/aromatic N) is 3. The van der Waals surface area contributed by atoms with E-state index in [1.807, 2.05) is 13.0 Å². The fourth-order valence-electron chi connectivity index (χ4n) is 4.83. The van der Waals surface area contributed by atoms with Gasteiger partial charge in [-0.3, -0.25) is 19.4 Å². The smallest absolute Gasteiger partial charge is 0.251 e. The first-order chi connectivity index (χ1) is 22.0. The van der Waals surface area contributed by atoms with E-state index in [2.05, 4.69) is 31.2 Å². The number of carbonyl (C=O) groups is 2. The van der Waals surface area contributed by atoms with Crippen molar-refractivity contribution < 1.29 is 23.1 Å². The van der Waals surface area contributed by atoms with E-state index >= 15 is 0 Å². The third kappa shape index (κ3) is 7.85. The maximum Gasteiger partial charge on any atom is 0.251 e. The first kappa shape index (κ1) is 33.6. The molecule has 46 heavy (non-hydrogen) atoms. The number of amides is 2. The summed E-state index contributed by atoms with van der Waals surface area (Å²) in [4.78, 5) is 34.2. The third-order valence-electron chi connectivity index (χ3n) is 7.27. The van der Waals surface area contributed by atoms with E-state index in [1.54, 1.807) is 29.7 Å². The van der Waals surface area contributed by atoms with Gasteiger partial charge in [0.15, 0.2) is 29.0 Å². The minimum Gasteiger partial charge on any atom is -0.494 e. The highest BCUT2D eigenvalue weighted by Gasteiger charge is 2.20. The van der Waals surface area contributed by atoms with Gasteiger partial charge in [0, 0.05) is 48.3 Å². The Kier molecular flexibility index (Phi) is 11.0. The number of guanidine groups is 1. The van der Waals surface area contributed by atoms with Crippen LogP contribution in [0, 0.1) is 17.0 Å². The van der Waals surface area contributed by atoms with Gasteiger partial charge >= 0.3 is 0 Å². The van der Waals surface area contributed by atoms with E-state index in [0.717, 1.165) is 5.56 Å². The molecule has 4 rings (SSSR count). The van der Waals surface area contributed by atoms with Crippen molar-refractivity contribution in [2.45, 2.75) is 45.2 Å². The second kappa shape index (κ2) is 15.1. The van der Waals surface area contributed by atoms with Crippen molar-refractivity contribution >= 4 is 34.9 Å². The predicted octanol–water partition coefficient (Wildman–Crippen LogP) is 2.81. The lowest BCUT2D eigenvalue weighted by Gasteiger charge is -2.19. The van der Waals surface area contributed by atoms with Crippen molar-refractivity contribution in [3.8, 4) is 17.0 Å². The summed E-state index contributed by atoms with van der Waals surface area (Å²) < 4.78 is 35.7. The molecule has 13 nitrogen and oxygen atoms in total. The number of imidazole rings is 1. The minimum atomic E-state index is -1.09. The molecular weight excluding hydrogens is 598 g/mol. The van der Waals surface area contributed by atoms with Crippen LogP contribution in [0.1, 0.15) is 42.6 Å². The standard InChI is InChI=1S/C31H38F2N10O3/c1-4-18-14-19(7-8-20(18)29(44)40-15-17(2)41-30(45)22(34)6-5-11-38-31(35)36)42-27-28-39-16-23(43(28)13-12-37-27)21-9-10-24(46-3)26(33)25(21)32/h7-10,12-14,16-17,22H,4-6,11,15,34H2,1-3H3,(H,37,42)(H,40,44)(H,41,45)(H4,35,36,38)/t17-,22-/m0/s1. The Morgan fingerprint density at radius 1 is 1.13 bits per heavy atom. The quantitative estimate of drug-likeness (QED) is 0.0618. The highest BCUT2D eigenvalue weighted by Crippen LogP contribution is 2.31. The SMILES string of the molecule is CCc1cc(Nc2nccn3c(-c4ccc(OC)c(F)c4F)cnc23)ccc1C(=O)NC[C@H](C)NC(=O)[C@@H](N)CCCNC(=N)N. The molecule has 15 heteroatoms. The average molecular weight is 637 g/mol. The van der Waals surface area contributed by atoms with Crippen LogP contribution in [0.3, 0.4) is 0 Å². The number of halogens is 2. The summed E-state index contributed by atoms with van der Waals surface area (Å²) >= 11 is 0. The maximum absolute atomic E-state index is 14.8. The molecule has 2 aromatic heterocycles. The van der Waals surface area contributed by atoms with E-state index in [4.69, 9.17) is 21.6 Å². The second-order valence-corrected chi connectivity index (χ2v) is 10.6. The summed E-state index contributed by atoms with van der Waals surface area (Å²) in [5.74, 6) is -2.73. The number of aryl methyl sites for hydroxylation is 1. The van der Waals surface area contributed by atoms with Crippen LogP contribution < -0.4 is 37.5 Å². The molecule has 0 aliphatic rings. The van der Waals surface area contributed by atoms with Crippen molar-refractivity contribution in [3.05, 3.63) is 71.7 Å². The van der Waals surface area contributed by atoms with Crippen LogP contribution in [0.4, 0.5) is 20.3 Å². The molecule has 2 atom stereocenters. The van der Waals surface area contributed by atoms with Crippen molar-refractivity contribution in [2.24, 2.45) is 11.5 Å². The molecule has 2 heterocycles. The Hall–Kier alpha value is -5.31. The summed E-state index contributed by atoms with van der Waals surface area (Å²) in [6.45, 7) is 4.33. The maximum atomic E-state index is 14.8. The highest BCUT2D eigenvalue weighted by atomic mass is 19.2. The molecule has 0 bridgehead atoms. The molecule has 244 valence electrons. The second-order valence-electron chi connectivity index (χ2n) is 10.6. The van der Waals surface area contributed by atoms with Crippen LogP contribution in [-0.4, -0.2) is 64.4 Å². The van der Waals surface area contributed by atoms with Gasteiger partial charge in [0.25, 0.3) is 5.91 Å². The molecule has 0 aliphatic heterocycles. The molecule has 0 saturated carbocycles. The molecule has 0 fully saturated rings. The number of methoxy groups -OCH3 is 1. The summed E-state index contributed by atoms with van der Waals surface area (Å²) in [5, 5.41) is 18.7. The summed E-state index contributed by atoms with van der Waals surface area (Å²) in [5.41, 5.74) is 13.8. The Morgan fingerprint density at radius 3 is 2.63 bits per heavy atom. The van der Waals surface area contributed by atoms with Crippen LogP contribution in [0.25, 0.3) is 16.9 Å². The zero-order chi connectivity index (χ0) is 33.4. The summed E-state index contributed by atoms with van der Waals surface area (Å²) in [6, 6.07) is 6.94. The van der Waals surface area contributed by atoms with Crippen molar-refractivity contribution in [3.63, 3.8) is 0 Å². The van der Waals surface area contributed by atoms with E-state index in [9.17, 15) is 18.4 Å². The van der Waals surface area contributed by atoms with E-state index in [1.165, 1.54) is 31.6 Å². The topological polar surface area (TPSA) is 198 Å². The number of rotatable bonds is 14. The number of ether oxygens (including phenoxy) is 1. The monoisotopic (exact) mass is 636 g/mol. The van der Waals surface area contributed by atoms with Crippen molar-refractivity contribution in [2.75, 3.05) is 25.5 Å². The number of carbonyl (C=O) groups excluding carboxylic acids is 2. The van der Waals surface area contributed by atoms with Crippen LogP contribution >= 0.6 is 0 Å². The van der Waals surface area contributed by atoms with Gasteiger partial charge in [0.2, 0.25) is 11.7 Å². The van der Waals surface area contributed by atoms with Gasteiger partial charge in [0.1, 0.15) is 0 Å². The normalized spacial score (nSPS) is 12.3. The van der Waals surface area contributed by atoms with Crippen LogP contribution in [0.2, 0.25) is 0 Å². The Bertz CT molecular complexity index is 1730. The molecular formula is C31H38F2N10O3. The Morgan fingerprint density at radius 2 is 1.91 bits per heavy atom. The Labute approximate surface area is 264 Å². The first-order valence-corrected chi connectivity index (χ1v) is 14.7. The first-order valence-electron chi connectivity index (χ1n) is 14.7. The van der Waals surface area contributed by atoms with E-state index in [-0.39, 0.29) is 41.7 Å². The summed E-state index contributed by atoms with van der Waals surface area (Å²) in [6.07, 6.45) is 6.09. The zero-order valence-electron chi connectivity index (χ0n) is 25.8. The highest BCUT2D eigenvalue weighted by molar-refractivity contribution is 5.96. The zero-order valence-corrected chi connectivity index (χ0v) is 25.8. The van der Waals surface area contributed by atoms with Crippen LogP contribution in [0.15, 0.2) is 48.9 Å². The number of anilines is 2. The number of nitrogens with two attached hydrogens (primary N) is 2. The molecule has 0 radical (unpaired) electrons. The fourth-order valence-corrected chi connectivity index (χ4v) is 4.83. The molecule has 0 unspecified atom stereocenters. The van der Waals surface area contributed by atoms with Gasteiger partial charge in [-0.2, -0.15) is 4.39 Å². The van der Waals surface area contributed by atoms with Crippen LogP contribution in [-0.2, 0) is 11.2 Å². The van der Waals surface area contributed by atoms with Gasteiger partial charge in [-0.25, -0.2) is 14.4 Å². The van der Waals surface area contributed by atoms with E-state index < -0.39 is 17.7 Å². The number of hydrogen-bond donors (Lipinski definition) is 7. The van der Waals surface area contributed by atoms with Gasteiger partial charge in [-0.05, 0) is 62.1 Å². The van der Waals surface area contributed by atoms with Crippen molar-refractivity contribution in [1.29, 1.82) is 5.41 Å². The molecule has 9 N–H and O–H groups in total. The average Bonchev–Trinajstić information content (AvgIpc) is 3.47. The fraction of sp³-hybridized carbons (Fsp3) is 0.323. The number of benzene rings is 2. The molecule has 0 aliphatic carbocycles.